The molecule has 198 valence electrons. The van der Waals surface area contributed by atoms with Crippen molar-refractivity contribution in [1.82, 2.24) is 0 Å². The minimum atomic E-state index is -0.611. The lowest BCUT2D eigenvalue weighted by atomic mass is 9.66. The lowest BCUT2D eigenvalue weighted by Crippen LogP contribution is -2.63. The van der Waals surface area contributed by atoms with Crippen LogP contribution >= 0.6 is 0 Å². The van der Waals surface area contributed by atoms with E-state index in [9.17, 15) is 9.59 Å². The topological polar surface area (TPSA) is 61.8 Å². The van der Waals surface area contributed by atoms with Crippen molar-refractivity contribution in [2.24, 2.45) is 23.7 Å². The Bertz CT molecular complexity index is 1180. The Morgan fingerprint density at radius 1 is 0.973 bits per heavy atom. The van der Waals surface area contributed by atoms with Crippen LogP contribution in [0.1, 0.15) is 88.9 Å². The summed E-state index contributed by atoms with van der Waals surface area (Å²) >= 11 is 0. The van der Waals surface area contributed by atoms with E-state index in [1.807, 2.05) is 43.3 Å². The predicted molar refractivity (Wildman–Crippen MR) is 142 cm³/mol. The van der Waals surface area contributed by atoms with Gasteiger partial charge in [0.15, 0.2) is 0 Å². The maximum Gasteiger partial charge on any atom is 0.338 e. The van der Waals surface area contributed by atoms with Gasteiger partial charge < -0.3 is 14.2 Å². The summed E-state index contributed by atoms with van der Waals surface area (Å²) in [5, 5.41) is 2.14. The maximum atomic E-state index is 13.8. The van der Waals surface area contributed by atoms with Crippen molar-refractivity contribution in [3.63, 3.8) is 0 Å². The molecule has 0 radical (unpaired) electrons. The molecule has 2 saturated heterocycles. The van der Waals surface area contributed by atoms with E-state index in [1.165, 1.54) is 19.3 Å². The first-order valence-electron chi connectivity index (χ1n) is 14.4. The SMILES string of the molecule is CCC(=O)O[C@@H]1C[C@]2(C3CCCCC3)O[C@@]1(C)[C@@H]1CCC(C)C1[C@@H]2OC(=O)c1ccc2ccccc2c1. The van der Waals surface area contributed by atoms with Gasteiger partial charge in [-0.3, -0.25) is 4.79 Å². The van der Waals surface area contributed by atoms with Gasteiger partial charge in [-0.25, -0.2) is 4.79 Å². The highest BCUT2D eigenvalue weighted by atomic mass is 16.6. The molecule has 2 aromatic rings. The van der Waals surface area contributed by atoms with Gasteiger partial charge in [-0.15, -0.1) is 0 Å². The monoisotopic (exact) mass is 504 g/mol. The Morgan fingerprint density at radius 2 is 1.73 bits per heavy atom. The first kappa shape index (κ1) is 24.9. The zero-order valence-corrected chi connectivity index (χ0v) is 22.4. The van der Waals surface area contributed by atoms with Crippen LogP contribution in [0.3, 0.4) is 0 Å². The smallest absolute Gasteiger partial charge is 0.338 e. The van der Waals surface area contributed by atoms with Crippen LogP contribution in [0.15, 0.2) is 42.5 Å². The fraction of sp³-hybridized carbons (Fsp3) is 0.625. The first-order chi connectivity index (χ1) is 17.9. The summed E-state index contributed by atoms with van der Waals surface area (Å²) in [5.41, 5.74) is -0.566. The van der Waals surface area contributed by atoms with Gasteiger partial charge in [0.25, 0.3) is 0 Å². The molecule has 0 amide bonds. The number of esters is 2. The third kappa shape index (κ3) is 4.00. The summed E-state index contributed by atoms with van der Waals surface area (Å²) in [6, 6.07) is 13.9. The molecule has 0 aromatic heterocycles. The van der Waals surface area contributed by atoms with E-state index in [2.05, 4.69) is 19.9 Å². The fourth-order valence-corrected chi connectivity index (χ4v) is 8.38. The van der Waals surface area contributed by atoms with Crippen molar-refractivity contribution in [2.45, 2.75) is 102 Å². The van der Waals surface area contributed by atoms with Gasteiger partial charge in [0, 0.05) is 18.8 Å². The molecule has 0 N–H and O–H groups in total. The molecular formula is C32H40O5. The van der Waals surface area contributed by atoms with Crippen LogP contribution in [0.25, 0.3) is 10.8 Å². The fourth-order valence-electron chi connectivity index (χ4n) is 8.38. The normalized spacial score (nSPS) is 37.3. The van der Waals surface area contributed by atoms with Crippen LogP contribution in [0.2, 0.25) is 0 Å². The summed E-state index contributed by atoms with van der Waals surface area (Å²) in [5.74, 6) is 0.680. The van der Waals surface area contributed by atoms with E-state index in [0.29, 0.717) is 30.2 Å². The van der Waals surface area contributed by atoms with Crippen molar-refractivity contribution in [2.75, 3.05) is 0 Å². The number of ether oxygens (including phenoxy) is 3. The van der Waals surface area contributed by atoms with Crippen molar-refractivity contribution < 1.29 is 23.8 Å². The molecule has 37 heavy (non-hydrogen) atoms. The molecule has 6 rings (SSSR count). The minimum absolute atomic E-state index is 0.173. The predicted octanol–water partition coefficient (Wildman–Crippen LogP) is 6.86. The molecule has 4 aliphatic rings. The van der Waals surface area contributed by atoms with Gasteiger partial charge in [0.05, 0.1) is 5.56 Å². The summed E-state index contributed by atoms with van der Waals surface area (Å²) in [4.78, 5) is 26.3. The van der Waals surface area contributed by atoms with Crippen LogP contribution < -0.4 is 0 Å². The number of rotatable bonds is 5. The molecule has 5 nitrogen and oxygen atoms in total. The van der Waals surface area contributed by atoms with Crippen LogP contribution in [-0.2, 0) is 19.0 Å². The largest absolute Gasteiger partial charge is 0.459 e. The second-order valence-corrected chi connectivity index (χ2v) is 12.2. The van der Waals surface area contributed by atoms with Gasteiger partial charge in [0.1, 0.15) is 23.4 Å². The molecule has 2 saturated carbocycles. The van der Waals surface area contributed by atoms with Crippen molar-refractivity contribution in [1.29, 1.82) is 0 Å². The van der Waals surface area contributed by atoms with Crippen LogP contribution in [0.5, 0.6) is 0 Å². The van der Waals surface area contributed by atoms with Crippen molar-refractivity contribution in [3.05, 3.63) is 48.0 Å². The molecule has 5 heteroatoms. The number of fused-ring (bicyclic) bond motifs is 5. The van der Waals surface area contributed by atoms with Crippen LogP contribution in [-0.4, -0.2) is 35.3 Å². The lowest BCUT2D eigenvalue weighted by molar-refractivity contribution is -0.265. The molecule has 2 aromatic carbocycles. The van der Waals surface area contributed by atoms with E-state index in [1.54, 1.807) is 0 Å². The van der Waals surface area contributed by atoms with Crippen molar-refractivity contribution in [3.8, 4) is 0 Å². The number of carbonyl (C=O) groups is 2. The summed E-state index contributed by atoms with van der Waals surface area (Å²) < 4.78 is 19.9. The lowest BCUT2D eigenvalue weighted by Gasteiger charge is -2.54. The summed E-state index contributed by atoms with van der Waals surface area (Å²) in [7, 11) is 0. The van der Waals surface area contributed by atoms with E-state index in [4.69, 9.17) is 14.2 Å². The molecule has 4 fully saturated rings. The molecule has 7 atom stereocenters. The standard InChI is InChI=1S/C32H40O5/c1-4-27(33)35-26-19-32(24-12-6-5-7-13-24)29(28-20(2)14-17-25(28)31(26,3)37-32)36-30(34)23-16-15-21-10-8-9-11-22(21)18-23/h8-11,15-16,18,20,24-26,28-29H,4-7,12-14,17,19H2,1-3H3/t20?,25-,26-,28?,29+,31+,32-/m1/s1. The number of benzene rings is 2. The van der Waals surface area contributed by atoms with Gasteiger partial charge in [-0.1, -0.05) is 63.4 Å². The zero-order chi connectivity index (χ0) is 25.8. The van der Waals surface area contributed by atoms with E-state index < -0.39 is 11.2 Å². The average molecular weight is 505 g/mol. The van der Waals surface area contributed by atoms with Gasteiger partial charge >= 0.3 is 11.9 Å². The van der Waals surface area contributed by atoms with Crippen LogP contribution in [0, 0.1) is 23.7 Å². The third-order valence-electron chi connectivity index (χ3n) is 10.3. The maximum absolute atomic E-state index is 13.8. The summed E-state index contributed by atoms with van der Waals surface area (Å²) in [6.07, 6.45) is 8.13. The highest BCUT2D eigenvalue weighted by Crippen LogP contribution is 2.64. The molecule has 2 unspecified atom stereocenters. The zero-order valence-electron chi connectivity index (χ0n) is 22.4. The number of hydrogen-bond acceptors (Lipinski definition) is 5. The molecule has 2 aliphatic heterocycles. The van der Waals surface area contributed by atoms with Gasteiger partial charge in [-0.2, -0.15) is 0 Å². The Labute approximate surface area is 220 Å². The second kappa shape index (κ2) is 9.41. The third-order valence-corrected chi connectivity index (χ3v) is 10.3. The minimum Gasteiger partial charge on any atom is -0.459 e. The van der Waals surface area contributed by atoms with E-state index in [0.717, 1.165) is 36.5 Å². The van der Waals surface area contributed by atoms with E-state index >= 15 is 0 Å². The van der Waals surface area contributed by atoms with E-state index in [-0.39, 0.29) is 36.0 Å². The second-order valence-electron chi connectivity index (χ2n) is 12.2. The molecule has 2 heterocycles. The molecule has 2 bridgehead atoms. The summed E-state index contributed by atoms with van der Waals surface area (Å²) in [6.45, 7) is 6.32. The quantitative estimate of drug-likeness (QED) is 0.416. The molecular weight excluding hydrogens is 464 g/mol. The first-order valence-corrected chi connectivity index (χ1v) is 14.4. The molecule has 0 spiro atoms. The Kier molecular flexibility index (Phi) is 6.34. The number of carbonyl (C=O) groups excluding carboxylic acids is 2. The Balaban J connectivity index is 1.40. The van der Waals surface area contributed by atoms with Gasteiger partial charge in [0.2, 0.25) is 0 Å². The average Bonchev–Trinajstić information content (AvgIpc) is 3.44. The highest BCUT2D eigenvalue weighted by Gasteiger charge is 2.73. The van der Waals surface area contributed by atoms with Crippen LogP contribution in [0.4, 0.5) is 0 Å². The Morgan fingerprint density at radius 3 is 2.49 bits per heavy atom. The number of hydrogen-bond donors (Lipinski definition) is 0. The molecule has 2 aliphatic carbocycles. The van der Waals surface area contributed by atoms with Crippen molar-refractivity contribution >= 4 is 22.7 Å². The Hall–Kier alpha value is -2.40. The van der Waals surface area contributed by atoms with Gasteiger partial charge in [-0.05, 0) is 73.3 Å². The highest BCUT2D eigenvalue weighted by molar-refractivity contribution is 5.95.